The van der Waals surface area contributed by atoms with Gasteiger partial charge < -0.3 is 0 Å². The van der Waals surface area contributed by atoms with Gasteiger partial charge in [0.05, 0.1) is 10.9 Å². The van der Waals surface area contributed by atoms with E-state index >= 15 is 0 Å². The van der Waals surface area contributed by atoms with Crippen LogP contribution in [0.3, 0.4) is 0 Å². The second kappa shape index (κ2) is 7.52. The molecule has 0 bridgehead atoms. The zero-order chi connectivity index (χ0) is 17.9. The normalized spacial score (nSPS) is 12.9. The number of hydrogen-bond acceptors (Lipinski definition) is 2. The van der Waals surface area contributed by atoms with E-state index in [0.717, 1.165) is 15.6 Å². The van der Waals surface area contributed by atoms with Crippen LogP contribution in [-0.4, -0.2) is 19.8 Å². The van der Waals surface area contributed by atoms with Crippen molar-refractivity contribution in [2.75, 3.05) is 7.05 Å². The molecule has 3 aromatic carbocycles. The second-order valence-corrected chi connectivity index (χ2v) is 8.52. The van der Waals surface area contributed by atoms with E-state index in [2.05, 4.69) is 15.9 Å². The molecule has 128 valence electrons. The fourth-order valence-corrected chi connectivity index (χ4v) is 4.66. The van der Waals surface area contributed by atoms with Gasteiger partial charge in [-0.1, -0.05) is 82.7 Å². The molecule has 0 radical (unpaired) electrons. The molecule has 1 unspecified atom stereocenters. The predicted molar refractivity (Wildman–Crippen MR) is 104 cm³/mol. The van der Waals surface area contributed by atoms with Crippen molar-refractivity contribution in [3.63, 3.8) is 0 Å². The maximum Gasteiger partial charge on any atom is 0.243 e. The summed E-state index contributed by atoms with van der Waals surface area (Å²) in [6, 6.07) is 25.4. The molecule has 0 aromatic heterocycles. The van der Waals surface area contributed by atoms with E-state index in [4.69, 9.17) is 0 Å². The lowest BCUT2D eigenvalue weighted by Gasteiger charge is -2.29. The molecule has 3 aromatic rings. The van der Waals surface area contributed by atoms with Crippen LogP contribution in [-0.2, 0) is 10.0 Å². The third-order valence-electron chi connectivity index (χ3n) is 4.10. The van der Waals surface area contributed by atoms with Crippen LogP contribution in [0.25, 0.3) is 0 Å². The van der Waals surface area contributed by atoms with Crippen molar-refractivity contribution in [3.8, 4) is 0 Å². The average molecular weight is 416 g/mol. The smallest absolute Gasteiger partial charge is 0.207 e. The highest BCUT2D eigenvalue weighted by molar-refractivity contribution is 9.10. The second-order valence-electron chi connectivity index (χ2n) is 5.67. The highest BCUT2D eigenvalue weighted by Gasteiger charge is 2.31. The van der Waals surface area contributed by atoms with E-state index in [-0.39, 0.29) is 4.90 Å². The molecule has 0 heterocycles. The van der Waals surface area contributed by atoms with Gasteiger partial charge in [-0.2, -0.15) is 4.31 Å². The van der Waals surface area contributed by atoms with Crippen molar-refractivity contribution in [1.29, 1.82) is 0 Å². The summed E-state index contributed by atoms with van der Waals surface area (Å²) in [5.41, 5.74) is 1.81. The van der Waals surface area contributed by atoms with Crippen molar-refractivity contribution >= 4 is 26.0 Å². The van der Waals surface area contributed by atoms with Gasteiger partial charge in [0.1, 0.15) is 0 Å². The van der Waals surface area contributed by atoms with Crippen LogP contribution in [0.5, 0.6) is 0 Å². The lowest BCUT2D eigenvalue weighted by atomic mass is 9.99. The summed E-state index contributed by atoms with van der Waals surface area (Å²) in [6.07, 6.45) is 0. The maximum atomic E-state index is 13.1. The maximum absolute atomic E-state index is 13.1. The first-order chi connectivity index (χ1) is 12.0. The largest absolute Gasteiger partial charge is 0.243 e. The standard InChI is InChI=1S/C20H18BrNO2S/c1-22(25(23,24)17-12-6-3-7-13-17)20(16-10-4-2-5-11-16)18-14-8-9-15-19(18)21/h2-15,20H,1H3. The third-order valence-corrected chi connectivity index (χ3v) is 6.66. The number of nitrogens with zero attached hydrogens (tertiary/aromatic N) is 1. The summed E-state index contributed by atoms with van der Waals surface area (Å²) < 4.78 is 28.6. The van der Waals surface area contributed by atoms with Crippen molar-refractivity contribution in [2.24, 2.45) is 0 Å². The topological polar surface area (TPSA) is 37.4 Å². The summed E-state index contributed by atoms with van der Waals surface area (Å²) in [7, 11) is -2.01. The van der Waals surface area contributed by atoms with Gasteiger partial charge >= 0.3 is 0 Å². The summed E-state index contributed by atoms with van der Waals surface area (Å²) in [5, 5.41) is 0. The van der Waals surface area contributed by atoms with Crippen LogP contribution >= 0.6 is 15.9 Å². The fourth-order valence-electron chi connectivity index (χ4n) is 2.82. The molecule has 25 heavy (non-hydrogen) atoms. The molecule has 1 atom stereocenters. The van der Waals surface area contributed by atoms with E-state index in [9.17, 15) is 8.42 Å². The van der Waals surface area contributed by atoms with Crippen molar-refractivity contribution in [2.45, 2.75) is 10.9 Å². The SMILES string of the molecule is CN(C(c1ccccc1)c1ccccc1Br)S(=O)(=O)c1ccccc1. The van der Waals surface area contributed by atoms with E-state index in [0.29, 0.717) is 0 Å². The lowest BCUT2D eigenvalue weighted by Crippen LogP contribution is -2.32. The number of sulfonamides is 1. The minimum Gasteiger partial charge on any atom is -0.207 e. The summed E-state index contributed by atoms with van der Waals surface area (Å²) in [5.74, 6) is 0. The van der Waals surface area contributed by atoms with Gasteiger partial charge in [0.15, 0.2) is 0 Å². The first kappa shape index (κ1) is 17.9. The van der Waals surface area contributed by atoms with Crippen LogP contribution in [0.15, 0.2) is 94.3 Å². The van der Waals surface area contributed by atoms with E-state index in [1.54, 1.807) is 31.3 Å². The highest BCUT2D eigenvalue weighted by Crippen LogP contribution is 2.35. The third kappa shape index (κ3) is 3.68. The van der Waals surface area contributed by atoms with Crippen molar-refractivity contribution < 1.29 is 8.42 Å². The van der Waals surface area contributed by atoms with Crippen LogP contribution in [0.4, 0.5) is 0 Å². The Hall–Kier alpha value is -1.95. The Morgan fingerprint density at radius 2 is 1.32 bits per heavy atom. The number of halogens is 1. The Kier molecular flexibility index (Phi) is 5.37. The molecule has 0 aliphatic rings. The zero-order valence-corrected chi connectivity index (χ0v) is 16.1. The molecule has 0 spiro atoms. The van der Waals surface area contributed by atoms with Gasteiger partial charge in [-0.05, 0) is 29.3 Å². The molecule has 0 amide bonds. The zero-order valence-electron chi connectivity index (χ0n) is 13.7. The Morgan fingerprint density at radius 3 is 1.92 bits per heavy atom. The molecule has 0 aliphatic heterocycles. The molecule has 0 fully saturated rings. The fraction of sp³-hybridized carbons (Fsp3) is 0.100. The molecule has 3 rings (SSSR count). The van der Waals surface area contributed by atoms with Gasteiger partial charge in [-0.3, -0.25) is 0 Å². The number of benzene rings is 3. The van der Waals surface area contributed by atoms with Gasteiger partial charge in [0.25, 0.3) is 0 Å². The van der Waals surface area contributed by atoms with Crippen LogP contribution in [0.2, 0.25) is 0 Å². The van der Waals surface area contributed by atoms with Crippen molar-refractivity contribution in [3.05, 3.63) is 101 Å². The van der Waals surface area contributed by atoms with Crippen LogP contribution in [0.1, 0.15) is 17.2 Å². The van der Waals surface area contributed by atoms with Gasteiger partial charge in [0.2, 0.25) is 10.0 Å². The molecule has 0 aliphatic carbocycles. The Labute approximate surface area is 157 Å². The van der Waals surface area contributed by atoms with Gasteiger partial charge in [0, 0.05) is 11.5 Å². The molecular formula is C20H18BrNO2S. The molecule has 5 heteroatoms. The summed E-state index contributed by atoms with van der Waals surface area (Å²) in [4.78, 5) is 0.283. The molecule has 0 saturated heterocycles. The quantitative estimate of drug-likeness (QED) is 0.596. The average Bonchev–Trinajstić information content (AvgIpc) is 2.65. The van der Waals surface area contributed by atoms with Gasteiger partial charge in [-0.15, -0.1) is 0 Å². The summed E-state index contributed by atoms with van der Waals surface area (Å²) in [6.45, 7) is 0. The highest BCUT2D eigenvalue weighted by atomic mass is 79.9. The molecule has 3 nitrogen and oxygen atoms in total. The van der Waals surface area contributed by atoms with E-state index in [1.807, 2.05) is 60.7 Å². The van der Waals surface area contributed by atoms with Crippen LogP contribution in [0, 0.1) is 0 Å². The number of hydrogen-bond donors (Lipinski definition) is 0. The summed E-state index contributed by atoms with van der Waals surface area (Å²) >= 11 is 3.56. The molecular weight excluding hydrogens is 398 g/mol. The Balaban J connectivity index is 2.14. The van der Waals surface area contributed by atoms with Gasteiger partial charge in [-0.25, -0.2) is 8.42 Å². The van der Waals surface area contributed by atoms with E-state index in [1.165, 1.54) is 4.31 Å². The molecule has 0 N–H and O–H groups in total. The first-order valence-electron chi connectivity index (χ1n) is 7.84. The van der Waals surface area contributed by atoms with Crippen molar-refractivity contribution in [1.82, 2.24) is 4.31 Å². The minimum atomic E-state index is -3.64. The van der Waals surface area contributed by atoms with E-state index < -0.39 is 16.1 Å². The predicted octanol–water partition coefficient (Wildman–Crippen LogP) is 4.86. The first-order valence-corrected chi connectivity index (χ1v) is 10.1. The molecule has 0 saturated carbocycles. The lowest BCUT2D eigenvalue weighted by molar-refractivity contribution is 0.417. The minimum absolute atomic E-state index is 0.283. The van der Waals surface area contributed by atoms with Crippen LogP contribution < -0.4 is 0 Å². The monoisotopic (exact) mass is 415 g/mol. The Bertz CT molecular complexity index is 944. The Morgan fingerprint density at radius 1 is 0.800 bits per heavy atom. The number of rotatable bonds is 5.